The van der Waals surface area contributed by atoms with Crippen molar-refractivity contribution in [3.05, 3.63) is 66.2 Å². The van der Waals surface area contributed by atoms with E-state index in [0.717, 1.165) is 35.3 Å². The third-order valence-corrected chi connectivity index (χ3v) is 3.46. The van der Waals surface area contributed by atoms with Crippen LogP contribution in [0.5, 0.6) is 5.75 Å². The van der Waals surface area contributed by atoms with Crippen LogP contribution in [0.25, 0.3) is 22.6 Å². The number of methoxy groups -OCH3 is 1. The van der Waals surface area contributed by atoms with E-state index in [-0.39, 0.29) is 5.84 Å². The van der Waals surface area contributed by atoms with Gasteiger partial charge < -0.3 is 20.0 Å². The lowest BCUT2D eigenvalue weighted by Crippen LogP contribution is -2.10. The normalized spacial score (nSPS) is 9.77. The number of carboxylic acids is 1. The number of benzene rings is 2. The minimum Gasteiger partial charge on any atom is -0.497 e. The zero-order valence-corrected chi connectivity index (χ0v) is 14.5. The first-order valence-corrected chi connectivity index (χ1v) is 7.79. The van der Waals surface area contributed by atoms with Crippen LogP contribution in [0.15, 0.2) is 65.1 Å². The minimum absolute atomic E-state index is 0.0601. The number of nitrogen functional groups attached to an aromatic ring is 1. The molecule has 6 nitrogen and oxygen atoms in total. The summed E-state index contributed by atoms with van der Waals surface area (Å²) in [6.07, 6.45) is 0. The first-order chi connectivity index (χ1) is 12.4. The van der Waals surface area contributed by atoms with E-state index < -0.39 is 5.97 Å². The molecule has 0 aliphatic heterocycles. The van der Waals surface area contributed by atoms with E-state index in [9.17, 15) is 0 Å². The van der Waals surface area contributed by atoms with Crippen LogP contribution in [0.4, 0.5) is 0 Å². The van der Waals surface area contributed by atoms with E-state index in [1.54, 1.807) is 7.11 Å². The average molecular weight is 352 g/mol. The van der Waals surface area contributed by atoms with Gasteiger partial charge in [0.1, 0.15) is 23.1 Å². The number of amidine groups is 1. The Hall–Kier alpha value is -3.54. The van der Waals surface area contributed by atoms with Gasteiger partial charge >= 0.3 is 0 Å². The molecule has 4 N–H and O–H groups in total. The van der Waals surface area contributed by atoms with Crippen LogP contribution in [0.3, 0.4) is 0 Å². The second-order valence-corrected chi connectivity index (χ2v) is 5.40. The standard InChI is InChI=1S/C18H16N2O2.C2H4O2/c1-21-15-8-6-13(7-9-15)17-11-10-16(22-17)12-2-4-14(5-3-12)18(19)20;1-2(3)4/h2-11H,1H3,(H3,19,20);1H3,(H,3,4). The lowest BCUT2D eigenvalue weighted by atomic mass is 10.1. The van der Waals surface area contributed by atoms with Gasteiger partial charge in [-0.05, 0) is 36.4 Å². The van der Waals surface area contributed by atoms with E-state index >= 15 is 0 Å². The summed E-state index contributed by atoms with van der Waals surface area (Å²) < 4.78 is 11.1. The molecule has 0 atom stereocenters. The molecule has 3 rings (SSSR count). The fourth-order valence-corrected chi connectivity index (χ4v) is 2.22. The highest BCUT2D eigenvalue weighted by Crippen LogP contribution is 2.29. The molecule has 2 aromatic carbocycles. The van der Waals surface area contributed by atoms with E-state index in [0.29, 0.717) is 5.56 Å². The minimum atomic E-state index is -0.833. The maximum Gasteiger partial charge on any atom is 0.300 e. The maximum atomic E-state index is 9.00. The molecule has 0 spiro atoms. The van der Waals surface area contributed by atoms with E-state index in [1.807, 2.05) is 60.7 Å². The SMILES string of the molecule is CC(=O)O.COc1ccc(-c2ccc(-c3ccc(C(=N)N)cc3)o2)cc1. The molecule has 0 saturated heterocycles. The molecule has 0 aliphatic carbocycles. The van der Waals surface area contributed by atoms with Crippen molar-refractivity contribution in [2.24, 2.45) is 5.73 Å². The Morgan fingerprint density at radius 1 is 0.962 bits per heavy atom. The molecular weight excluding hydrogens is 332 g/mol. The molecule has 0 bridgehead atoms. The van der Waals surface area contributed by atoms with Crippen LogP contribution in [0, 0.1) is 5.41 Å². The van der Waals surface area contributed by atoms with Gasteiger partial charge in [0.2, 0.25) is 0 Å². The molecule has 0 aliphatic rings. The van der Waals surface area contributed by atoms with Crippen molar-refractivity contribution >= 4 is 11.8 Å². The van der Waals surface area contributed by atoms with Gasteiger partial charge in [-0.15, -0.1) is 0 Å². The maximum absolute atomic E-state index is 9.00. The quantitative estimate of drug-likeness (QED) is 0.486. The summed E-state index contributed by atoms with van der Waals surface area (Å²) in [4.78, 5) is 9.00. The number of nitrogens with two attached hydrogens (primary N) is 1. The number of hydrogen-bond donors (Lipinski definition) is 3. The number of ether oxygens (including phenoxy) is 1. The largest absolute Gasteiger partial charge is 0.497 e. The van der Waals surface area contributed by atoms with Crippen LogP contribution in [0.1, 0.15) is 12.5 Å². The number of hydrogen-bond acceptors (Lipinski definition) is 4. The summed E-state index contributed by atoms with van der Waals surface area (Å²) in [6.45, 7) is 1.08. The Bertz CT molecular complexity index is 877. The Morgan fingerprint density at radius 2 is 1.38 bits per heavy atom. The van der Waals surface area contributed by atoms with Crippen molar-refractivity contribution < 1.29 is 19.1 Å². The van der Waals surface area contributed by atoms with Gasteiger partial charge in [0.15, 0.2) is 0 Å². The van der Waals surface area contributed by atoms with E-state index in [1.165, 1.54) is 0 Å². The molecule has 134 valence electrons. The molecular formula is C20H20N2O4. The van der Waals surface area contributed by atoms with Crippen LogP contribution in [-0.2, 0) is 4.79 Å². The van der Waals surface area contributed by atoms with Crippen LogP contribution in [0.2, 0.25) is 0 Å². The van der Waals surface area contributed by atoms with Gasteiger partial charge in [0.25, 0.3) is 5.97 Å². The highest BCUT2D eigenvalue weighted by atomic mass is 16.5. The highest BCUT2D eigenvalue weighted by Gasteiger charge is 2.07. The van der Waals surface area contributed by atoms with Gasteiger partial charge in [0.05, 0.1) is 7.11 Å². The molecule has 1 aromatic heterocycles. The number of furan rings is 1. The smallest absolute Gasteiger partial charge is 0.300 e. The fraction of sp³-hybridized carbons (Fsp3) is 0.100. The van der Waals surface area contributed by atoms with Crippen molar-refractivity contribution in [2.75, 3.05) is 7.11 Å². The monoisotopic (exact) mass is 352 g/mol. The van der Waals surface area contributed by atoms with Gasteiger partial charge in [-0.25, -0.2) is 0 Å². The van der Waals surface area contributed by atoms with Crippen molar-refractivity contribution in [3.8, 4) is 28.4 Å². The van der Waals surface area contributed by atoms with Crippen molar-refractivity contribution in [3.63, 3.8) is 0 Å². The third kappa shape index (κ3) is 4.98. The van der Waals surface area contributed by atoms with Gasteiger partial charge in [-0.3, -0.25) is 10.2 Å². The van der Waals surface area contributed by atoms with Crippen molar-refractivity contribution in [1.29, 1.82) is 5.41 Å². The Balaban J connectivity index is 0.000000552. The predicted octanol–water partition coefficient (Wildman–Crippen LogP) is 4.00. The number of aliphatic carboxylic acids is 1. The molecule has 0 amide bonds. The number of rotatable bonds is 4. The van der Waals surface area contributed by atoms with Crippen LogP contribution >= 0.6 is 0 Å². The van der Waals surface area contributed by atoms with Gasteiger partial charge in [0, 0.05) is 23.6 Å². The zero-order chi connectivity index (χ0) is 19.1. The second-order valence-electron chi connectivity index (χ2n) is 5.40. The van der Waals surface area contributed by atoms with E-state index in [4.69, 9.17) is 30.2 Å². The molecule has 3 aromatic rings. The molecule has 1 heterocycles. The summed E-state index contributed by atoms with van der Waals surface area (Å²) in [5.41, 5.74) is 8.10. The molecule has 0 radical (unpaired) electrons. The topological polar surface area (TPSA) is 110 Å². The van der Waals surface area contributed by atoms with Crippen LogP contribution in [-0.4, -0.2) is 24.0 Å². The third-order valence-electron chi connectivity index (χ3n) is 3.46. The number of nitrogens with one attached hydrogen (secondary N) is 1. The second kappa shape index (κ2) is 8.53. The summed E-state index contributed by atoms with van der Waals surface area (Å²) in [5.74, 6) is 1.62. The molecule has 26 heavy (non-hydrogen) atoms. The summed E-state index contributed by atoms with van der Waals surface area (Å²) in [6, 6.07) is 19.0. The van der Waals surface area contributed by atoms with Crippen molar-refractivity contribution in [1.82, 2.24) is 0 Å². The Morgan fingerprint density at radius 3 is 1.77 bits per heavy atom. The lowest BCUT2D eigenvalue weighted by molar-refractivity contribution is -0.134. The summed E-state index contributed by atoms with van der Waals surface area (Å²) >= 11 is 0. The van der Waals surface area contributed by atoms with Crippen LogP contribution < -0.4 is 10.5 Å². The summed E-state index contributed by atoms with van der Waals surface area (Å²) in [7, 11) is 1.64. The predicted molar refractivity (Wildman–Crippen MR) is 100 cm³/mol. The number of carbonyl (C=O) groups is 1. The highest BCUT2D eigenvalue weighted by molar-refractivity contribution is 5.95. The first-order valence-electron chi connectivity index (χ1n) is 7.79. The van der Waals surface area contributed by atoms with Gasteiger partial charge in [-0.2, -0.15) is 0 Å². The Kier molecular flexibility index (Phi) is 6.16. The molecule has 6 heteroatoms. The molecule has 0 unspecified atom stereocenters. The summed E-state index contributed by atoms with van der Waals surface area (Å²) in [5, 5.41) is 14.8. The fourth-order valence-electron chi connectivity index (χ4n) is 2.22. The Labute approximate surface area is 151 Å². The average Bonchev–Trinajstić information content (AvgIpc) is 3.11. The zero-order valence-electron chi connectivity index (χ0n) is 14.5. The van der Waals surface area contributed by atoms with E-state index in [2.05, 4.69) is 0 Å². The number of carboxylic acid groups (broad SMARTS) is 1. The molecule has 0 saturated carbocycles. The lowest BCUT2D eigenvalue weighted by Gasteiger charge is -2.02. The van der Waals surface area contributed by atoms with Crippen molar-refractivity contribution in [2.45, 2.75) is 6.92 Å². The van der Waals surface area contributed by atoms with Gasteiger partial charge in [-0.1, -0.05) is 24.3 Å². The first kappa shape index (κ1) is 18.8. The molecule has 0 fully saturated rings.